The zero-order chi connectivity index (χ0) is 17.1. The maximum absolute atomic E-state index is 12.4. The van der Waals surface area contributed by atoms with Crippen molar-refractivity contribution in [2.24, 2.45) is 0 Å². The molecular weight excluding hydrogens is 304 g/mol. The SMILES string of the molecule is COC(=O)/C=C/c1c(-c2ccccc2)oc(=O)c2cc(C)ccc12. The molecule has 0 amide bonds. The summed E-state index contributed by atoms with van der Waals surface area (Å²) in [5.74, 6) is -0.0439. The van der Waals surface area contributed by atoms with Crippen LogP contribution in [0.3, 0.4) is 0 Å². The van der Waals surface area contributed by atoms with Crippen LogP contribution < -0.4 is 5.63 Å². The van der Waals surface area contributed by atoms with E-state index in [-0.39, 0.29) is 0 Å². The molecule has 0 aliphatic rings. The van der Waals surface area contributed by atoms with E-state index < -0.39 is 11.6 Å². The zero-order valence-electron chi connectivity index (χ0n) is 13.4. The maximum Gasteiger partial charge on any atom is 0.344 e. The molecule has 0 atom stereocenters. The van der Waals surface area contributed by atoms with Crippen molar-refractivity contribution in [3.63, 3.8) is 0 Å². The Kier molecular flexibility index (Phi) is 4.29. The molecule has 0 N–H and O–H groups in total. The van der Waals surface area contributed by atoms with Crippen molar-refractivity contribution in [1.82, 2.24) is 0 Å². The Bertz CT molecular complexity index is 982. The average molecular weight is 320 g/mol. The molecule has 4 nitrogen and oxygen atoms in total. The van der Waals surface area contributed by atoms with Gasteiger partial charge in [0.2, 0.25) is 0 Å². The highest BCUT2D eigenvalue weighted by molar-refractivity contribution is 5.98. The van der Waals surface area contributed by atoms with Crippen LogP contribution in [0.1, 0.15) is 11.1 Å². The first-order valence-corrected chi connectivity index (χ1v) is 7.49. The Morgan fingerprint density at radius 1 is 1.08 bits per heavy atom. The minimum atomic E-state index is -0.472. The fraction of sp³-hybridized carbons (Fsp3) is 0.100. The molecule has 0 aliphatic carbocycles. The average Bonchev–Trinajstić information content (AvgIpc) is 2.61. The fourth-order valence-corrected chi connectivity index (χ4v) is 2.58. The van der Waals surface area contributed by atoms with Gasteiger partial charge in [-0.2, -0.15) is 0 Å². The quantitative estimate of drug-likeness (QED) is 0.541. The van der Waals surface area contributed by atoms with Gasteiger partial charge in [-0.15, -0.1) is 0 Å². The monoisotopic (exact) mass is 320 g/mol. The molecule has 3 rings (SSSR count). The Balaban J connectivity index is 2.34. The summed E-state index contributed by atoms with van der Waals surface area (Å²) < 4.78 is 10.2. The van der Waals surface area contributed by atoms with Gasteiger partial charge in [0, 0.05) is 17.2 Å². The predicted octanol–water partition coefficient (Wildman–Crippen LogP) is 3.95. The van der Waals surface area contributed by atoms with Crippen LogP contribution in [-0.2, 0) is 9.53 Å². The van der Waals surface area contributed by atoms with Gasteiger partial charge in [0.15, 0.2) is 0 Å². The summed E-state index contributed by atoms with van der Waals surface area (Å²) in [4.78, 5) is 23.9. The second-order valence-electron chi connectivity index (χ2n) is 5.40. The summed E-state index contributed by atoms with van der Waals surface area (Å²) in [6.07, 6.45) is 2.94. The van der Waals surface area contributed by atoms with E-state index >= 15 is 0 Å². The summed E-state index contributed by atoms with van der Waals surface area (Å²) in [6, 6.07) is 14.9. The Morgan fingerprint density at radius 2 is 1.83 bits per heavy atom. The van der Waals surface area contributed by atoms with Gasteiger partial charge in [0.1, 0.15) is 5.76 Å². The fourth-order valence-electron chi connectivity index (χ4n) is 2.58. The number of carbonyl (C=O) groups excluding carboxylic acids is 1. The number of hydrogen-bond donors (Lipinski definition) is 0. The first-order chi connectivity index (χ1) is 11.6. The van der Waals surface area contributed by atoms with Gasteiger partial charge in [-0.25, -0.2) is 9.59 Å². The lowest BCUT2D eigenvalue weighted by molar-refractivity contribution is -0.134. The first kappa shape index (κ1) is 15.7. The Labute approximate surface area is 139 Å². The number of esters is 1. The van der Waals surface area contributed by atoms with Crippen LogP contribution in [0.4, 0.5) is 0 Å². The van der Waals surface area contributed by atoms with Crippen molar-refractivity contribution in [1.29, 1.82) is 0 Å². The standard InChI is InChI=1S/C20H16O4/c1-13-8-9-15-16(10-11-18(21)23-2)19(14-6-4-3-5-7-14)24-20(22)17(15)12-13/h3-12H,1-2H3/b11-10+. The highest BCUT2D eigenvalue weighted by Crippen LogP contribution is 2.29. The van der Waals surface area contributed by atoms with Crippen molar-refractivity contribution in [2.75, 3.05) is 7.11 Å². The second kappa shape index (κ2) is 6.54. The summed E-state index contributed by atoms with van der Waals surface area (Å²) in [6.45, 7) is 1.91. The molecule has 1 heterocycles. The number of methoxy groups -OCH3 is 1. The van der Waals surface area contributed by atoms with Crippen LogP contribution in [0.25, 0.3) is 28.2 Å². The van der Waals surface area contributed by atoms with Crippen molar-refractivity contribution in [2.45, 2.75) is 6.92 Å². The molecule has 0 spiro atoms. The number of ether oxygens (including phenoxy) is 1. The van der Waals surface area contributed by atoms with Gasteiger partial charge in [0.05, 0.1) is 12.5 Å². The highest BCUT2D eigenvalue weighted by Gasteiger charge is 2.14. The third-order valence-electron chi connectivity index (χ3n) is 3.75. The van der Waals surface area contributed by atoms with Gasteiger partial charge in [0.25, 0.3) is 0 Å². The number of benzene rings is 2. The molecule has 120 valence electrons. The molecule has 0 bridgehead atoms. The summed E-state index contributed by atoms with van der Waals surface area (Å²) in [5.41, 5.74) is 2.00. The van der Waals surface area contributed by atoms with Crippen molar-refractivity contribution in [3.05, 3.63) is 76.2 Å². The second-order valence-corrected chi connectivity index (χ2v) is 5.40. The van der Waals surface area contributed by atoms with Gasteiger partial charge < -0.3 is 9.15 Å². The smallest absolute Gasteiger partial charge is 0.344 e. The van der Waals surface area contributed by atoms with Crippen molar-refractivity contribution in [3.8, 4) is 11.3 Å². The van der Waals surface area contributed by atoms with E-state index in [0.29, 0.717) is 16.7 Å². The number of aryl methyl sites for hydroxylation is 1. The van der Waals surface area contributed by atoms with Crippen molar-refractivity contribution < 1.29 is 13.9 Å². The van der Waals surface area contributed by atoms with E-state index in [1.807, 2.05) is 49.4 Å². The molecule has 0 unspecified atom stereocenters. The van der Waals surface area contributed by atoms with E-state index in [9.17, 15) is 9.59 Å². The zero-order valence-corrected chi connectivity index (χ0v) is 13.4. The Hall–Kier alpha value is -3.14. The third-order valence-corrected chi connectivity index (χ3v) is 3.75. The van der Waals surface area contributed by atoms with Crippen LogP contribution in [0, 0.1) is 6.92 Å². The predicted molar refractivity (Wildman–Crippen MR) is 93.7 cm³/mol. The van der Waals surface area contributed by atoms with Gasteiger partial charge in [-0.1, -0.05) is 48.0 Å². The molecular formula is C20H16O4. The number of carbonyl (C=O) groups is 1. The largest absolute Gasteiger partial charge is 0.466 e. The first-order valence-electron chi connectivity index (χ1n) is 7.49. The third kappa shape index (κ3) is 2.99. The number of rotatable bonds is 3. The molecule has 0 saturated carbocycles. The minimum Gasteiger partial charge on any atom is -0.466 e. The van der Waals surface area contributed by atoms with Gasteiger partial charge >= 0.3 is 11.6 Å². The molecule has 0 saturated heterocycles. The molecule has 4 heteroatoms. The summed E-state index contributed by atoms with van der Waals surface area (Å²) in [5, 5.41) is 1.22. The number of hydrogen-bond acceptors (Lipinski definition) is 4. The molecule has 24 heavy (non-hydrogen) atoms. The molecule has 1 aromatic heterocycles. The number of fused-ring (bicyclic) bond motifs is 1. The van der Waals surface area contributed by atoms with Gasteiger partial charge in [-0.05, 0) is 24.5 Å². The van der Waals surface area contributed by atoms with E-state index in [2.05, 4.69) is 4.74 Å². The molecule has 3 aromatic rings. The van der Waals surface area contributed by atoms with E-state index in [0.717, 1.165) is 16.5 Å². The lowest BCUT2D eigenvalue weighted by atomic mass is 9.99. The highest BCUT2D eigenvalue weighted by atomic mass is 16.5. The van der Waals surface area contributed by atoms with Crippen LogP contribution in [0.5, 0.6) is 0 Å². The summed E-state index contributed by atoms with van der Waals surface area (Å²) >= 11 is 0. The molecule has 0 fully saturated rings. The summed E-state index contributed by atoms with van der Waals surface area (Å²) in [7, 11) is 1.32. The van der Waals surface area contributed by atoms with E-state index in [1.54, 1.807) is 12.1 Å². The molecule has 0 radical (unpaired) electrons. The molecule has 2 aromatic carbocycles. The van der Waals surface area contributed by atoms with Gasteiger partial charge in [-0.3, -0.25) is 0 Å². The topological polar surface area (TPSA) is 56.5 Å². The van der Waals surface area contributed by atoms with E-state index in [4.69, 9.17) is 4.42 Å². The molecule has 0 aliphatic heterocycles. The lowest BCUT2D eigenvalue weighted by Gasteiger charge is -2.09. The maximum atomic E-state index is 12.4. The van der Waals surface area contributed by atoms with Crippen LogP contribution in [0.2, 0.25) is 0 Å². The lowest BCUT2D eigenvalue weighted by Crippen LogP contribution is -2.04. The van der Waals surface area contributed by atoms with Crippen LogP contribution in [-0.4, -0.2) is 13.1 Å². The minimum absolute atomic E-state index is 0.400. The van der Waals surface area contributed by atoms with Crippen molar-refractivity contribution >= 4 is 22.8 Å². The van der Waals surface area contributed by atoms with Crippen LogP contribution >= 0.6 is 0 Å². The van der Waals surface area contributed by atoms with Crippen LogP contribution in [0.15, 0.2) is 63.8 Å². The normalized spacial score (nSPS) is 11.1. The van der Waals surface area contributed by atoms with E-state index in [1.165, 1.54) is 13.2 Å². The Morgan fingerprint density at radius 3 is 2.54 bits per heavy atom.